The fourth-order valence-electron chi connectivity index (χ4n) is 0. The van der Waals surface area contributed by atoms with Gasteiger partial charge in [-0.25, -0.2) is 0 Å². The topological polar surface area (TPSA) is 145 Å². The summed E-state index contributed by atoms with van der Waals surface area (Å²) >= 11 is 0. The Hall–Kier alpha value is 1.22. The zero-order chi connectivity index (χ0) is 4.50. The fourth-order valence-corrected chi connectivity index (χ4v) is 0. The van der Waals surface area contributed by atoms with Crippen LogP contribution in [0, 0.1) is 0 Å². The summed E-state index contributed by atoms with van der Waals surface area (Å²) in [5.74, 6) is 0. The van der Waals surface area contributed by atoms with Crippen LogP contribution in [0.2, 0.25) is 0 Å². The first-order valence-corrected chi connectivity index (χ1v) is 2.19. The van der Waals surface area contributed by atoms with Crippen molar-refractivity contribution < 1.29 is 68.0 Å². The van der Waals surface area contributed by atoms with Gasteiger partial charge in [0, 0.05) is 21.1 Å². The average molecular weight is 283 g/mol. The van der Waals surface area contributed by atoms with E-state index in [9.17, 15) is 0 Å². The van der Waals surface area contributed by atoms with Crippen LogP contribution in [0.1, 0.15) is 0 Å². The zero-order valence-corrected chi connectivity index (χ0v) is 7.62. The van der Waals surface area contributed by atoms with E-state index in [0.717, 1.165) is 0 Å². The molecular weight excluding hydrogens is 282 g/mol. The van der Waals surface area contributed by atoms with Gasteiger partial charge < -0.3 is 30.2 Å². The van der Waals surface area contributed by atoms with E-state index < -0.39 is 7.82 Å². The predicted molar refractivity (Wildman–Crippen MR) is 10.2 cm³/mol. The summed E-state index contributed by atoms with van der Waals surface area (Å²) in [6.45, 7) is 0. The summed E-state index contributed by atoms with van der Waals surface area (Å²) in [5.41, 5.74) is 0. The summed E-state index contributed by atoms with van der Waals surface area (Å²) in [4.78, 5) is 25.6. The Morgan fingerprint density at radius 2 is 1.11 bits per heavy atom. The van der Waals surface area contributed by atoms with Crippen molar-refractivity contribution in [2.24, 2.45) is 0 Å². The summed E-state index contributed by atoms with van der Waals surface area (Å²) < 4.78 is 8.55. The Morgan fingerprint density at radius 1 is 1.11 bits per heavy atom. The summed E-state index contributed by atoms with van der Waals surface area (Å²) in [6.07, 6.45) is 0. The van der Waals surface area contributed by atoms with Crippen LogP contribution >= 0.6 is 7.82 Å². The molecule has 0 aromatic carbocycles. The molecule has 1 N–H and O–H groups in total. The molecule has 0 aliphatic heterocycles. The standard InChI is InChI=1S/Co.Mo.H3O4P.H2O.O/c;;1-5(2,3)4;;/h;;(H3,1,2,3,4);1H2;/q+2;;;;-2/p-4. The van der Waals surface area contributed by atoms with Crippen molar-refractivity contribution in [1.82, 2.24) is 0 Å². The quantitative estimate of drug-likeness (QED) is 0.341. The van der Waals surface area contributed by atoms with Crippen LogP contribution < -0.4 is 14.7 Å². The second-order valence-electron chi connectivity index (χ2n) is 0.447. The maximum atomic E-state index is 8.55. The summed E-state index contributed by atoms with van der Waals surface area (Å²) in [7, 11) is -5.39. The van der Waals surface area contributed by atoms with Gasteiger partial charge in [-0.2, -0.15) is 7.82 Å². The first kappa shape index (κ1) is 31.9. The van der Waals surface area contributed by atoms with E-state index in [4.69, 9.17) is 19.2 Å². The molecule has 0 bridgehead atoms. The van der Waals surface area contributed by atoms with Crippen molar-refractivity contribution in [2.75, 3.05) is 0 Å². The van der Waals surface area contributed by atoms with Crippen LogP contribution in [0.5, 0.6) is 0 Å². The van der Waals surface area contributed by atoms with E-state index in [1.54, 1.807) is 0 Å². The maximum absolute atomic E-state index is 8.55. The Balaban J connectivity index is -0.0000000133. The summed E-state index contributed by atoms with van der Waals surface area (Å²) in [6, 6.07) is 0. The van der Waals surface area contributed by atoms with Crippen LogP contribution in [0.25, 0.3) is 0 Å². The smallest absolute Gasteiger partial charge is 2.00 e. The molecule has 0 aliphatic carbocycles. The Labute approximate surface area is 76.0 Å². The SMILES string of the molecule is O=P([O-])([O-])[O-].[Co+2].[Mo].[O-2].[OH-]. The molecule has 0 saturated carbocycles. The minimum Gasteiger partial charge on any atom is -2.00 e. The number of phosphoric acid groups is 1. The molecule has 0 amide bonds. The van der Waals surface area contributed by atoms with Gasteiger partial charge in [-0.3, -0.25) is 0 Å². The van der Waals surface area contributed by atoms with Crippen LogP contribution in [0.15, 0.2) is 0 Å². The largest absolute Gasteiger partial charge is 2.00 e. The third-order valence-corrected chi connectivity index (χ3v) is 0. The molecular formula is HCoMoO6P-4. The summed E-state index contributed by atoms with van der Waals surface area (Å²) in [5, 5.41) is 0. The molecule has 0 fully saturated rings. The van der Waals surface area contributed by atoms with Crippen molar-refractivity contribution in [3.8, 4) is 0 Å². The van der Waals surface area contributed by atoms with Crippen molar-refractivity contribution in [1.29, 1.82) is 0 Å². The molecule has 61 valence electrons. The van der Waals surface area contributed by atoms with Gasteiger partial charge in [0.1, 0.15) is 0 Å². The van der Waals surface area contributed by atoms with Crippen molar-refractivity contribution >= 4 is 7.82 Å². The monoisotopic (exact) mass is 285 g/mol. The van der Waals surface area contributed by atoms with Crippen LogP contribution in [0.3, 0.4) is 0 Å². The van der Waals surface area contributed by atoms with Gasteiger partial charge in [0.15, 0.2) is 0 Å². The molecule has 0 spiro atoms. The molecule has 0 heterocycles. The van der Waals surface area contributed by atoms with Crippen LogP contribution in [0.4, 0.5) is 0 Å². The average Bonchev–Trinajstić information content (AvgIpc) is 0.722. The van der Waals surface area contributed by atoms with E-state index in [1.807, 2.05) is 0 Å². The molecule has 0 saturated heterocycles. The fraction of sp³-hybridized carbons (Fsp3) is 0. The van der Waals surface area contributed by atoms with Gasteiger partial charge in [0.2, 0.25) is 0 Å². The Morgan fingerprint density at radius 3 is 1.11 bits per heavy atom. The van der Waals surface area contributed by atoms with Gasteiger partial charge in [-0.15, -0.1) is 0 Å². The number of hydrogen-bond donors (Lipinski definition) is 0. The van der Waals surface area contributed by atoms with Crippen LogP contribution in [-0.2, 0) is 47.9 Å². The molecule has 9 heavy (non-hydrogen) atoms. The maximum Gasteiger partial charge on any atom is 2.00 e. The van der Waals surface area contributed by atoms with Gasteiger partial charge >= 0.3 is 16.8 Å². The van der Waals surface area contributed by atoms with E-state index in [-0.39, 0.29) is 48.8 Å². The predicted octanol–water partition coefficient (Wildman–Crippen LogP) is -3.13. The first-order valence-electron chi connectivity index (χ1n) is 0.730. The van der Waals surface area contributed by atoms with E-state index in [0.29, 0.717) is 0 Å². The molecule has 1 radical (unpaired) electrons. The normalized spacial score (nSPS) is 6.56. The number of hydrogen-bond acceptors (Lipinski definition) is 5. The second kappa shape index (κ2) is 12.0. The third kappa shape index (κ3) is 321. The minimum absolute atomic E-state index is 0. The second-order valence-corrected chi connectivity index (χ2v) is 1.34. The van der Waals surface area contributed by atoms with Gasteiger partial charge in [0.25, 0.3) is 0 Å². The zero-order valence-electron chi connectivity index (χ0n) is 3.68. The van der Waals surface area contributed by atoms with Gasteiger partial charge in [-0.05, 0) is 0 Å². The van der Waals surface area contributed by atoms with Gasteiger partial charge in [-0.1, -0.05) is 0 Å². The first-order chi connectivity index (χ1) is 2.00. The van der Waals surface area contributed by atoms with Crippen LogP contribution in [-0.4, -0.2) is 5.48 Å². The van der Waals surface area contributed by atoms with Crippen molar-refractivity contribution in [2.45, 2.75) is 0 Å². The Bertz CT molecular complexity index is 59.2. The molecule has 0 aromatic heterocycles. The van der Waals surface area contributed by atoms with Crippen molar-refractivity contribution in [3.63, 3.8) is 0 Å². The van der Waals surface area contributed by atoms with E-state index in [1.165, 1.54) is 0 Å². The minimum atomic E-state index is -5.39. The van der Waals surface area contributed by atoms with Crippen molar-refractivity contribution in [3.05, 3.63) is 0 Å². The third-order valence-electron chi connectivity index (χ3n) is 0. The number of rotatable bonds is 0. The van der Waals surface area contributed by atoms with Gasteiger partial charge in [0.05, 0.1) is 0 Å². The van der Waals surface area contributed by atoms with E-state index in [2.05, 4.69) is 0 Å². The molecule has 0 aliphatic rings. The molecule has 0 atom stereocenters. The molecule has 0 aromatic rings. The molecule has 0 unspecified atom stereocenters. The van der Waals surface area contributed by atoms with E-state index >= 15 is 0 Å². The molecule has 9 heteroatoms. The molecule has 0 rings (SSSR count). The molecule has 6 nitrogen and oxygen atoms in total. The Kier molecular flexibility index (Phi) is 42.3.